The first-order valence-corrected chi connectivity index (χ1v) is 12.6. The molecule has 0 fully saturated rings. The second-order valence-corrected chi connectivity index (χ2v) is 11.0. The zero-order chi connectivity index (χ0) is 28.8. The van der Waals surface area contributed by atoms with Crippen LogP contribution in [-0.2, 0) is 30.5 Å². The number of ketones is 3. The molecule has 0 aliphatic heterocycles. The van der Waals surface area contributed by atoms with Gasteiger partial charge in [-0.2, -0.15) is 0 Å². The molecule has 0 bridgehead atoms. The minimum atomic E-state index is -3.07. The number of aliphatic hydroxyl groups is 2. The average Bonchev–Trinajstić information content (AvgIpc) is 2.82. The van der Waals surface area contributed by atoms with Gasteiger partial charge in [-0.15, -0.1) is 0 Å². The number of carbonyl (C=O) groups excluding carboxylic acids is 4. The van der Waals surface area contributed by atoms with E-state index in [0.717, 1.165) is 12.5 Å². The second-order valence-electron chi connectivity index (χ2n) is 11.0. The van der Waals surface area contributed by atoms with E-state index in [0.29, 0.717) is 13.0 Å². The fourth-order valence-electron chi connectivity index (χ4n) is 4.10. The second kappa shape index (κ2) is 12.9. The molecule has 5 atom stereocenters. The lowest BCUT2D eigenvalue weighted by atomic mass is 9.77. The number of esters is 1. The van der Waals surface area contributed by atoms with Gasteiger partial charge in [0.25, 0.3) is 0 Å². The van der Waals surface area contributed by atoms with Gasteiger partial charge in [0.05, 0.1) is 18.5 Å². The molecule has 0 saturated heterocycles. The largest absolute Gasteiger partial charge is 0.457 e. The van der Waals surface area contributed by atoms with E-state index in [-0.39, 0.29) is 5.92 Å². The molecular weight excluding hydrogens is 476 g/mol. The molecule has 9 nitrogen and oxygen atoms in total. The van der Waals surface area contributed by atoms with Crippen LogP contribution in [0.25, 0.3) is 0 Å². The number of hydrogen-bond donors (Lipinski definition) is 3. The van der Waals surface area contributed by atoms with Crippen molar-refractivity contribution in [3.63, 3.8) is 0 Å². The van der Waals surface area contributed by atoms with Crippen LogP contribution in [0.4, 0.5) is 0 Å². The Morgan fingerprint density at radius 3 is 2.03 bits per heavy atom. The molecule has 9 heteroatoms. The third kappa shape index (κ3) is 8.26. The minimum Gasteiger partial charge on any atom is -0.457 e. The van der Waals surface area contributed by atoms with Gasteiger partial charge in [-0.05, 0) is 60.2 Å². The molecule has 0 aliphatic carbocycles. The van der Waals surface area contributed by atoms with E-state index in [1.54, 1.807) is 19.0 Å². The van der Waals surface area contributed by atoms with Crippen molar-refractivity contribution in [2.24, 2.45) is 5.92 Å². The highest BCUT2D eigenvalue weighted by molar-refractivity contribution is 6.22. The number of ether oxygens (including phenoxy) is 1. The van der Waals surface area contributed by atoms with E-state index in [1.165, 1.54) is 27.7 Å². The van der Waals surface area contributed by atoms with E-state index >= 15 is 0 Å². The first kappa shape index (κ1) is 32.6. The van der Waals surface area contributed by atoms with Crippen LogP contribution < -0.4 is 5.32 Å². The maximum atomic E-state index is 13.6. The summed E-state index contributed by atoms with van der Waals surface area (Å²) in [5, 5.41) is 25.4. The van der Waals surface area contributed by atoms with E-state index in [1.807, 2.05) is 44.2 Å². The Morgan fingerprint density at radius 1 is 1.03 bits per heavy atom. The van der Waals surface area contributed by atoms with Crippen LogP contribution >= 0.6 is 0 Å². The number of carbonyl (C=O) groups is 4. The molecule has 3 N–H and O–H groups in total. The molecule has 0 amide bonds. The number of nitrogens with zero attached hydrogens (tertiary/aromatic N) is 1. The topological polar surface area (TPSA) is 133 Å². The fraction of sp³-hybridized carbons (Fsp3) is 0.643. The van der Waals surface area contributed by atoms with Crippen molar-refractivity contribution in [2.75, 3.05) is 14.1 Å². The van der Waals surface area contributed by atoms with Gasteiger partial charge in [0.1, 0.15) is 5.60 Å². The summed E-state index contributed by atoms with van der Waals surface area (Å²) in [6.45, 7) is 11.1. The van der Waals surface area contributed by atoms with Gasteiger partial charge in [0.15, 0.2) is 17.2 Å². The summed E-state index contributed by atoms with van der Waals surface area (Å²) in [5.41, 5.74) is -6.03. The Balaban J connectivity index is 3.35. The summed E-state index contributed by atoms with van der Waals surface area (Å²) >= 11 is 0. The highest BCUT2D eigenvalue weighted by atomic mass is 16.6. The Morgan fingerprint density at radius 2 is 1.57 bits per heavy atom. The molecule has 3 unspecified atom stereocenters. The smallest absolute Gasteiger partial charge is 0.347 e. The standard InChI is InChI=1S/C28H44N2O7/c1-10-18(2)22(29-8)21(31)16-28(36,25(34)37-26(4,5)6)24(33)27(7,35)23(32)19(3)30(9)17-20-14-12-11-13-15-20/h11-15,18-19,22,29,35-36H,10,16-17H2,1-9H3/t18?,19-,22-,27?,28?/m0/s1. The third-order valence-electron chi connectivity index (χ3n) is 6.65. The van der Waals surface area contributed by atoms with Crippen molar-refractivity contribution in [2.45, 2.75) is 96.7 Å². The summed E-state index contributed by atoms with van der Waals surface area (Å²) in [7, 11) is 3.22. The summed E-state index contributed by atoms with van der Waals surface area (Å²) in [5.74, 6) is -4.58. The Labute approximate surface area is 220 Å². The number of rotatable bonds is 14. The number of hydrogen-bond acceptors (Lipinski definition) is 9. The van der Waals surface area contributed by atoms with Crippen molar-refractivity contribution < 1.29 is 34.1 Å². The van der Waals surface area contributed by atoms with Crippen LogP contribution in [-0.4, -0.2) is 81.4 Å². The summed E-state index contributed by atoms with van der Waals surface area (Å²) in [4.78, 5) is 54.9. The molecular formula is C28H44N2O7. The average molecular weight is 521 g/mol. The van der Waals surface area contributed by atoms with Crippen molar-refractivity contribution in [3.8, 4) is 0 Å². The lowest BCUT2D eigenvalue weighted by molar-refractivity contribution is -0.188. The van der Waals surface area contributed by atoms with Crippen LogP contribution in [0.3, 0.4) is 0 Å². The molecule has 0 radical (unpaired) electrons. The van der Waals surface area contributed by atoms with Gasteiger partial charge in [-0.3, -0.25) is 19.3 Å². The highest BCUT2D eigenvalue weighted by Crippen LogP contribution is 2.28. The number of benzene rings is 1. The lowest BCUT2D eigenvalue weighted by Crippen LogP contribution is -2.64. The zero-order valence-corrected chi connectivity index (χ0v) is 23.6. The van der Waals surface area contributed by atoms with Gasteiger partial charge in [-0.25, -0.2) is 4.79 Å². The Bertz CT molecular complexity index is 955. The van der Waals surface area contributed by atoms with Crippen molar-refractivity contribution in [1.29, 1.82) is 0 Å². The van der Waals surface area contributed by atoms with Crippen LogP contribution in [0.5, 0.6) is 0 Å². The molecule has 1 aromatic carbocycles. The molecule has 0 heterocycles. The van der Waals surface area contributed by atoms with E-state index in [9.17, 15) is 29.4 Å². The quantitative estimate of drug-likeness (QED) is 0.249. The number of nitrogens with one attached hydrogen (secondary N) is 1. The molecule has 0 aliphatic rings. The fourth-order valence-corrected chi connectivity index (χ4v) is 4.10. The SMILES string of the molecule is CCC(C)[C@H](NC)C(=O)CC(O)(C(=O)OC(C)(C)C)C(=O)C(C)(O)C(=O)[C@H](C)N(C)Cc1ccccc1. The molecule has 37 heavy (non-hydrogen) atoms. The third-order valence-corrected chi connectivity index (χ3v) is 6.65. The van der Waals surface area contributed by atoms with Gasteiger partial charge >= 0.3 is 5.97 Å². The van der Waals surface area contributed by atoms with E-state index in [4.69, 9.17) is 4.74 Å². The molecule has 208 valence electrons. The van der Waals surface area contributed by atoms with Gasteiger partial charge in [0, 0.05) is 6.54 Å². The predicted molar refractivity (Wildman–Crippen MR) is 141 cm³/mol. The number of likely N-dealkylation sites (N-methyl/N-ethyl adjacent to an activating group) is 2. The predicted octanol–water partition coefficient (Wildman–Crippen LogP) is 2.06. The van der Waals surface area contributed by atoms with Gasteiger partial charge in [0.2, 0.25) is 11.4 Å². The molecule has 0 aromatic heterocycles. The first-order chi connectivity index (χ1) is 16.9. The Kier molecular flexibility index (Phi) is 11.3. The first-order valence-electron chi connectivity index (χ1n) is 12.6. The van der Waals surface area contributed by atoms with Gasteiger partial charge in [-0.1, -0.05) is 50.6 Å². The highest BCUT2D eigenvalue weighted by Gasteiger charge is 2.58. The molecule has 1 rings (SSSR count). The van der Waals surface area contributed by atoms with Crippen molar-refractivity contribution in [3.05, 3.63) is 35.9 Å². The molecule has 1 aromatic rings. The molecule has 0 spiro atoms. The summed E-state index contributed by atoms with van der Waals surface area (Å²) in [6.07, 6.45) is -0.328. The van der Waals surface area contributed by atoms with Crippen LogP contribution in [0, 0.1) is 5.92 Å². The van der Waals surface area contributed by atoms with Crippen molar-refractivity contribution >= 4 is 23.3 Å². The van der Waals surface area contributed by atoms with Gasteiger partial charge < -0.3 is 20.3 Å². The maximum Gasteiger partial charge on any atom is 0.347 e. The summed E-state index contributed by atoms with van der Waals surface area (Å²) < 4.78 is 5.27. The monoisotopic (exact) mass is 520 g/mol. The van der Waals surface area contributed by atoms with E-state index in [2.05, 4.69) is 5.32 Å². The molecule has 0 saturated carbocycles. The summed E-state index contributed by atoms with van der Waals surface area (Å²) in [6, 6.07) is 7.60. The van der Waals surface area contributed by atoms with E-state index < -0.39 is 58.6 Å². The van der Waals surface area contributed by atoms with Crippen LogP contribution in [0.15, 0.2) is 30.3 Å². The van der Waals surface area contributed by atoms with Crippen LogP contribution in [0.2, 0.25) is 0 Å². The normalized spacial score (nSPS) is 17.7. The Hall–Kier alpha value is -2.46. The minimum absolute atomic E-state index is 0.163. The van der Waals surface area contributed by atoms with Crippen LogP contribution in [0.1, 0.15) is 66.9 Å². The maximum absolute atomic E-state index is 13.6. The lowest BCUT2D eigenvalue weighted by Gasteiger charge is -2.36. The number of Topliss-reactive ketones (excluding diaryl/α,β-unsaturated/α-hetero) is 3. The zero-order valence-electron chi connectivity index (χ0n) is 23.6. The van der Waals surface area contributed by atoms with Crippen molar-refractivity contribution in [1.82, 2.24) is 10.2 Å².